The van der Waals surface area contributed by atoms with E-state index in [9.17, 15) is 9.59 Å². The maximum absolute atomic E-state index is 12.7. The van der Waals surface area contributed by atoms with Crippen molar-refractivity contribution in [1.29, 1.82) is 0 Å². The molecule has 2 aliphatic heterocycles. The van der Waals surface area contributed by atoms with Gasteiger partial charge >= 0.3 is 5.97 Å². The van der Waals surface area contributed by atoms with Gasteiger partial charge < -0.3 is 19.1 Å². The van der Waals surface area contributed by atoms with Gasteiger partial charge in [-0.25, -0.2) is 0 Å². The number of rotatable bonds is 7. The van der Waals surface area contributed by atoms with Gasteiger partial charge in [0.05, 0.1) is 32.3 Å². The highest BCUT2D eigenvalue weighted by Crippen LogP contribution is 2.44. The second-order valence-corrected chi connectivity index (χ2v) is 7.51. The third-order valence-corrected chi connectivity index (χ3v) is 6.18. The topological polar surface area (TPSA) is 68.3 Å². The van der Waals surface area contributed by atoms with Gasteiger partial charge in [-0.15, -0.1) is 0 Å². The van der Waals surface area contributed by atoms with Crippen molar-refractivity contribution in [2.45, 2.75) is 31.3 Å². The largest absolute Gasteiger partial charge is 0.496 e. The average molecular weight is 390 g/mol. The minimum atomic E-state index is -0.472. The quantitative estimate of drug-likeness (QED) is 0.660. The molecule has 1 unspecified atom stereocenters. The van der Waals surface area contributed by atoms with E-state index in [0.29, 0.717) is 13.2 Å². The van der Waals surface area contributed by atoms with Crippen molar-refractivity contribution in [3.05, 3.63) is 29.8 Å². The molecule has 1 amide bonds. The van der Waals surface area contributed by atoms with Crippen LogP contribution in [0.4, 0.5) is 0 Å². The molecule has 0 saturated carbocycles. The Labute approximate surface area is 166 Å². The van der Waals surface area contributed by atoms with E-state index in [1.165, 1.54) is 7.11 Å². The van der Waals surface area contributed by atoms with Crippen molar-refractivity contribution in [1.82, 2.24) is 9.80 Å². The number of piperidine rings is 1. The summed E-state index contributed by atoms with van der Waals surface area (Å²) in [5.74, 6) is 0.209. The standard InChI is InChI=1S/C21H30N2O5/c1-26-13-12-23-19(24)14-17(20(25)28-3)21(23)8-10-22(11-9-21)15-16-6-4-5-7-18(16)27-2/h4-7,17H,8-15H2,1-3H3. The molecule has 0 aliphatic carbocycles. The van der Waals surface area contributed by atoms with Gasteiger partial charge in [0.15, 0.2) is 0 Å². The van der Waals surface area contributed by atoms with Crippen LogP contribution in [0.3, 0.4) is 0 Å². The smallest absolute Gasteiger partial charge is 0.311 e. The Balaban J connectivity index is 1.75. The summed E-state index contributed by atoms with van der Waals surface area (Å²) in [6.07, 6.45) is 1.72. The minimum Gasteiger partial charge on any atom is -0.496 e. The SMILES string of the molecule is COCCN1C(=O)CC(C(=O)OC)C12CCN(Cc1ccccc1OC)CC2. The van der Waals surface area contributed by atoms with Crippen LogP contribution in [0, 0.1) is 5.92 Å². The summed E-state index contributed by atoms with van der Waals surface area (Å²) in [6.45, 7) is 3.38. The van der Waals surface area contributed by atoms with Crippen molar-refractivity contribution in [2.75, 3.05) is 47.6 Å². The second-order valence-electron chi connectivity index (χ2n) is 7.51. The van der Waals surface area contributed by atoms with Crippen LogP contribution in [-0.2, 0) is 25.6 Å². The number of amides is 1. The molecule has 0 bridgehead atoms. The fraction of sp³-hybridized carbons (Fsp3) is 0.619. The molecule has 2 fully saturated rings. The Morgan fingerprint density at radius 2 is 1.89 bits per heavy atom. The molecule has 28 heavy (non-hydrogen) atoms. The number of hydrogen-bond acceptors (Lipinski definition) is 6. The first-order valence-electron chi connectivity index (χ1n) is 9.77. The van der Waals surface area contributed by atoms with Crippen molar-refractivity contribution in [3.63, 3.8) is 0 Å². The van der Waals surface area contributed by atoms with E-state index in [-0.39, 0.29) is 18.3 Å². The van der Waals surface area contributed by atoms with Crippen LogP contribution in [0.25, 0.3) is 0 Å². The summed E-state index contributed by atoms with van der Waals surface area (Å²) in [4.78, 5) is 29.3. The summed E-state index contributed by atoms with van der Waals surface area (Å²) in [5.41, 5.74) is 0.671. The molecule has 7 heteroatoms. The van der Waals surface area contributed by atoms with Crippen molar-refractivity contribution in [3.8, 4) is 5.75 Å². The molecular weight excluding hydrogens is 360 g/mol. The first-order valence-corrected chi connectivity index (χ1v) is 9.77. The molecule has 1 aromatic rings. The molecule has 1 aromatic carbocycles. The predicted octanol–water partition coefficient (Wildman–Crippen LogP) is 1.70. The summed E-state index contributed by atoms with van der Waals surface area (Å²) in [5, 5.41) is 0. The molecule has 3 rings (SSSR count). The Bertz CT molecular complexity index is 700. The third kappa shape index (κ3) is 3.86. The van der Waals surface area contributed by atoms with Crippen molar-refractivity contribution in [2.24, 2.45) is 5.92 Å². The Morgan fingerprint density at radius 3 is 2.54 bits per heavy atom. The maximum Gasteiger partial charge on any atom is 0.311 e. The van der Waals surface area contributed by atoms with Gasteiger partial charge in [0, 0.05) is 45.3 Å². The Morgan fingerprint density at radius 1 is 1.18 bits per heavy atom. The zero-order valence-corrected chi connectivity index (χ0v) is 17.0. The Kier molecular flexibility index (Phi) is 6.57. The van der Waals surface area contributed by atoms with E-state index in [1.807, 2.05) is 23.1 Å². The van der Waals surface area contributed by atoms with E-state index in [2.05, 4.69) is 11.0 Å². The van der Waals surface area contributed by atoms with Crippen LogP contribution in [0.15, 0.2) is 24.3 Å². The lowest BCUT2D eigenvalue weighted by atomic mass is 9.76. The van der Waals surface area contributed by atoms with Gasteiger partial charge in [0.1, 0.15) is 5.75 Å². The normalized spacial score (nSPS) is 21.9. The summed E-state index contributed by atoms with van der Waals surface area (Å²) in [6, 6.07) is 8.02. The predicted molar refractivity (Wildman–Crippen MR) is 104 cm³/mol. The average Bonchev–Trinajstić information content (AvgIpc) is 2.99. The lowest BCUT2D eigenvalue weighted by Crippen LogP contribution is -2.58. The van der Waals surface area contributed by atoms with Crippen LogP contribution in [0.5, 0.6) is 5.75 Å². The summed E-state index contributed by atoms with van der Waals surface area (Å²) < 4.78 is 15.7. The number of para-hydroxylation sites is 1. The van der Waals surface area contributed by atoms with E-state index >= 15 is 0 Å². The molecule has 7 nitrogen and oxygen atoms in total. The number of hydrogen-bond donors (Lipinski definition) is 0. The van der Waals surface area contributed by atoms with Crippen LogP contribution in [0.1, 0.15) is 24.8 Å². The molecule has 2 aliphatic rings. The fourth-order valence-corrected chi connectivity index (χ4v) is 4.68. The number of carbonyl (C=O) groups excluding carboxylic acids is 2. The van der Waals surface area contributed by atoms with Crippen molar-refractivity contribution < 1.29 is 23.8 Å². The van der Waals surface area contributed by atoms with Crippen LogP contribution < -0.4 is 4.74 Å². The molecule has 0 N–H and O–H groups in total. The zero-order chi connectivity index (χ0) is 20.1. The van der Waals surface area contributed by atoms with Crippen LogP contribution in [0.2, 0.25) is 0 Å². The summed E-state index contributed by atoms with van der Waals surface area (Å²) in [7, 11) is 4.71. The number of nitrogens with zero attached hydrogens (tertiary/aromatic N) is 2. The van der Waals surface area contributed by atoms with Crippen LogP contribution in [-0.4, -0.2) is 74.8 Å². The van der Waals surface area contributed by atoms with E-state index in [1.54, 1.807) is 14.2 Å². The minimum absolute atomic E-state index is 0.0191. The molecule has 154 valence electrons. The molecular formula is C21H30N2O5. The monoisotopic (exact) mass is 390 g/mol. The second kappa shape index (κ2) is 8.92. The van der Waals surface area contributed by atoms with Gasteiger partial charge in [0.25, 0.3) is 0 Å². The number of ether oxygens (including phenoxy) is 3. The van der Waals surface area contributed by atoms with E-state index < -0.39 is 11.5 Å². The lowest BCUT2D eigenvalue weighted by molar-refractivity contribution is -0.150. The molecule has 2 saturated heterocycles. The molecule has 0 aromatic heterocycles. The number of benzene rings is 1. The first-order chi connectivity index (χ1) is 13.6. The highest BCUT2D eigenvalue weighted by atomic mass is 16.5. The number of methoxy groups -OCH3 is 3. The van der Waals surface area contributed by atoms with Gasteiger partial charge in [-0.05, 0) is 18.9 Å². The Hall–Kier alpha value is -2.12. The lowest BCUT2D eigenvalue weighted by Gasteiger charge is -2.47. The highest BCUT2D eigenvalue weighted by Gasteiger charge is 2.56. The number of carbonyl (C=O) groups is 2. The third-order valence-electron chi connectivity index (χ3n) is 6.18. The van der Waals surface area contributed by atoms with Gasteiger partial charge in [-0.2, -0.15) is 0 Å². The number of esters is 1. The molecule has 1 spiro atoms. The highest BCUT2D eigenvalue weighted by molar-refractivity contribution is 5.89. The zero-order valence-electron chi connectivity index (χ0n) is 17.0. The summed E-state index contributed by atoms with van der Waals surface area (Å²) >= 11 is 0. The number of likely N-dealkylation sites (tertiary alicyclic amines) is 2. The van der Waals surface area contributed by atoms with E-state index in [4.69, 9.17) is 14.2 Å². The van der Waals surface area contributed by atoms with Crippen LogP contribution >= 0.6 is 0 Å². The molecule has 1 atom stereocenters. The first kappa shape index (κ1) is 20.6. The van der Waals surface area contributed by atoms with E-state index in [0.717, 1.165) is 43.8 Å². The fourth-order valence-electron chi connectivity index (χ4n) is 4.68. The van der Waals surface area contributed by atoms with Gasteiger partial charge in [-0.1, -0.05) is 18.2 Å². The maximum atomic E-state index is 12.7. The van der Waals surface area contributed by atoms with Gasteiger partial charge in [-0.3, -0.25) is 14.5 Å². The molecule has 2 heterocycles. The van der Waals surface area contributed by atoms with Crippen molar-refractivity contribution >= 4 is 11.9 Å². The molecule has 0 radical (unpaired) electrons. The van der Waals surface area contributed by atoms with Gasteiger partial charge in [0.2, 0.25) is 5.91 Å².